The topological polar surface area (TPSA) is 51.8 Å². The van der Waals surface area contributed by atoms with E-state index in [2.05, 4.69) is 35.3 Å². The van der Waals surface area contributed by atoms with Gasteiger partial charge in [-0.2, -0.15) is 0 Å². The second kappa shape index (κ2) is 7.11. The first-order valence-corrected chi connectivity index (χ1v) is 10.4. The van der Waals surface area contributed by atoms with Crippen LogP contribution in [0.4, 0.5) is 5.82 Å². The number of fused-ring (bicyclic) bond motifs is 3. The van der Waals surface area contributed by atoms with E-state index >= 15 is 0 Å². The molecule has 3 aromatic rings. The Morgan fingerprint density at radius 1 is 1.04 bits per heavy atom. The van der Waals surface area contributed by atoms with Crippen molar-refractivity contribution in [2.24, 2.45) is 0 Å². The smallest absolute Gasteiger partial charge is 0.190 e. The Balaban J connectivity index is 1.54. The van der Waals surface area contributed by atoms with E-state index in [1.807, 2.05) is 11.3 Å². The maximum atomic E-state index is 6.30. The third-order valence-corrected chi connectivity index (χ3v) is 6.57. The van der Waals surface area contributed by atoms with Crippen molar-refractivity contribution in [1.82, 2.24) is 9.97 Å². The Morgan fingerprint density at radius 2 is 1.88 bits per heavy atom. The third-order valence-electron chi connectivity index (χ3n) is 4.54. The average Bonchev–Trinajstić information content (AvgIpc) is 2.78. The number of rotatable bonds is 4. The highest BCUT2D eigenvalue weighted by atomic mass is 32.2. The molecule has 0 atom stereocenters. The van der Waals surface area contributed by atoms with Gasteiger partial charge in [0.1, 0.15) is 10.6 Å². The zero-order valence-electron chi connectivity index (χ0n) is 13.6. The fraction of sp³-hybridized carbons (Fsp3) is 0.368. The van der Waals surface area contributed by atoms with Gasteiger partial charge in [0.15, 0.2) is 5.16 Å². The number of anilines is 1. The Hall–Kier alpha value is -1.59. The molecule has 1 aromatic carbocycles. The van der Waals surface area contributed by atoms with E-state index in [1.54, 1.807) is 11.8 Å². The number of nitrogens with two attached hydrogens (primary N) is 1. The number of hydrogen-bond acceptors (Lipinski definition) is 5. The Morgan fingerprint density at radius 3 is 2.75 bits per heavy atom. The van der Waals surface area contributed by atoms with E-state index in [9.17, 15) is 0 Å². The highest BCUT2D eigenvalue weighted by Gasteiger charge is 2.19. The van der Waals surface area contributed by atoms with Crippen LogP contribution in [0.1, 0.15) is 35.3 Å². The van der Waals surface area contributed by atoms with Crippen molar-refractivity contribution in [3.63, 3.8) is 0 Å². The summed E-state index contributed by atoms with van der Waals surface area (Å²) in [4.78, 5) is 11.9. The quantitative estimate of drug-likeness (QED) is 0.412. The molecule has 3 nitrogen and oxygen atoms in total. The molecule has 0 unspecified atom stereocenters. The van der Waals surface area contributed by atoms with Gasteiger partial charge in [-0.3, -0.25) is 0 Å². The summed E-state index contributed by atoms with van der Waals surface area (Å²) in [6.07, 6.45) is 7.18. The lowest BCUT2D eigenvalue weighted by Crippen LogP contribution is -1.98. The minimum absolute atomic E-state index is 0.668. The summed E-state index contributed by atoms with van der Waals surface area (Å²) in [6.45, 7) is 0. The van der Waals surface area contributed by atoms with E-state index in [-0.39, 0.29) is 0 Å². The molecule has 0 aliphatic heterocycles. The summed E-state index contributed by atoms with van der Waals surface area (Å²) in [5.74, 6) is 1.64. The number of hydrogen-bond donors (Lipinski definition) is 1. The molecule has 0 spiro atoms. The van der Waals surface area contributed by atoms with Crippen molar-refractivity contribution < 1.29 is 0 Å². The first-order valence-electron chi connectivity index (χ1n) is 8.56. The van der Waals surface area contributed by atoms with Crippen LogP contribution in [-0.4, -0.2) is 15.7 Å². The zero-order valence-corrected chi connectivity index (χ0v) is 15.3. The number of nitrogens with zero attached hydrogens (tertiary/aromatic N) is 2. The molecular weight excluding hydrogens is 334 g/mol. The van der Waals surface area contributed by atoms with E-state index in [0.29, 0.717) is 5.82 Å². The van der Waals surface area contributed by atoms with Crippen LogP contribution < -0.4 is 5.73 Å². The average molecular weight is 356 g/mol. The number of thioether (sulfide) groups is 1. The Bertz CT molecular complexity index is 843. The van der Waals surface area contributed by atoms with Crippen molar-refractivity contribution in [2.75, 3.05) is 11.5 Å². The summed E-state index contributed by atoms with van der Waals surface area (Å²) in [5.41, 5.74) is 9.07. The van der Waals surface area contributed by atoms with Crippen LogP contribution in [0.5, 0.6) is 0 Å². The molecule has 124 valence electrons. The van der Waals surface area contributed by atoms with Gasteiger partial charge in [0.25, 0.3) is 0 Å². The summed E-state index contributed by atoms with van der Waals surface area (Å²) >= 11 is 3.53. The molecular formula is C19H21N3S2. The lowest BCUT2D eigenvalue weighted by atomic mass is 10.1. The minimum Gasteiger partial charge on any atom is -0.383 e. The maximum absolute atomic E-state index is 6.30. The normalized spacial score (nSPS) is 14.5. The van der Waals surface area contributed by atoms with Crippen molar-refractivity contribution >= 4 is 39.1 Å². The summed E-state index contributed by atoms with van der Waals surface area (Å²) < 4.78 is 0. The Kier molecular flexibility index (Phi) is 4.72. The van der Waals surface area contributed by atoms with Crippen LogP contribution in [0.15, 0.2) is 35.5 Å². The van der Waals surface area contributed by atoms with E-state index in [1.165, 1.54) is 41.7 Å². The van der Waals surface area contributed by atoms with Gasteiger partial charge in [-0.05, 0) is 43.2 Å². The predicted molar refractivity (Wildman–Crippen MR) is 104 cm³/mol. The predicted octanol–water partition coefficient (Wildman–Crippen LogP) is 4.88. The van der Waals surface area contributed by atoms with Gasteiger partial charge in [-0.25, -0.2) is 9.97 Å². The van der Waals surface area contributed by atoms with Crippen LogP contribution in [0.25, 0.3) is 10.2 Å². The lowest BCUT2D eigenvalue weighted by molar-refractivity contribution is 0.713. The molecule has 2 heterocycles. The van der Waals surface area contributed by atoms with E-state index < -0.39 is 0 Å². The molecule has 0 fully saturated rings. The number of aromatic nitrogens is 2. The van der Waals surface area contributed by atoms with Crippen molar-refractivity contribution in [1.29, 1.82) is 0 Å². The first kappa shape index (κ1) is 15.9. The van der Waals surface area contributed by atoms with Crippen LogP contribution in [0.3, 0.4) is 0 Å². The van der Waals surface area contributed by atoms with Crippen LogP contribution in [0.2, 0.25) is 0 Å². The second-order valence-corrected chi connectivity index (χ2v) is 8.37. The highest BCUT2D eigenvalue weighted by Crippen LogP contribution is 2.38. The summed E-state index contributed by atoms with van der Waals surface area (Å²) in [7, 11) is 0. The fourth-order valence-corrected chi connectivity index (χ4v) is 5.48. The minimum atomic E-state index is 0.668. The maximum Gasteiger partial charge on any atom is 0.190 e. The van der Waals surface area contributed by atoms with Gasteiger partial charge in [-0.15, -0.1) is 11.3 Å². The Labute approximate surface area is 150 Å². The van der Waals surface area contributed by atoms with Gasteiger partial charge in [-0.1, -0.05) is 48.5 Å². The molecule has 2 aromatic heterocycles. The molecule has 24 heavy (non-hydrogen) atoms. The second-order valence-electron chi connectivity index (χ2n) is 6.22. The highest BCUT2D eigenvalue weighted by molar-refractivity contribution is 7.99. The lowest BCUT2D eigenvalue weighted by Gasteiger charge is -2.04. The van der Waals surface area contributed by atoms with E-state index in [4.69, 9.17) is 10.7 Å². The molecule has 1 aliphatic rings. The molecule has 0 saturated carbocycles. The SMILES string of the molecule is Nc1nc(SCCc2ccccc2)nc2sc3c(c12)CCCCC3. The largest absolute Gasteiger partial charge is 0.383 e. The molecule has 0 radical (unpaired) electrons. The van der Waals surface area contributed by atoms with Gasteiger partial charge in [0.05, 0.1) is 5.39 Å². The van der Waals surface area contributed by atoms with Gasteiger partial charge in [0, 0.05) is 10.6 Å². The standard InChI is InChI=1S/C19H21N3S2/c20-17-16-14-9-5-2-6-10-15(14)24-18(16)22-19(21-17)23-12-11-13-7-3-1-4-8-13/h1,3-4,7-8H,2,5-6,9-12H2,(H2,20,21,22). The molecule has 0 bridgehead atoms. The third kappa shape index (κ3) is 3.28. The molecule has 2 N–H and O–H groups in total. The number of aryl methyl sites for hydroxylation is 3. The van der Waals surface area contributed by atoms with Crippen LogP contribution in [0, 0.1) is 0 Å². The van der Waals surface area contributed by atoms with Crippen molar-refractivity contribution in [2.45, 2.75) is 43.7 Å². The summed E-state index contributed by atoms with van der Waals surface area (Å²) in [5, 5.41) is 1.94. The first-order chi connectivity index (χ1) is 11.8. The fourth-order valence-electron chi connectivity index (χ4n) is 3.31. The molecule has 0 amide bonds. The number of nitrogen functional groups attached to an aromatic ring is 1. The summed E-state index contributed by atoms with van der Waals surface area (Å²) in [6, 6.07) is 10.5. The molecule has 5 heteroatoms. The van der Waals surface area contributed by atoms with Gasteiger partial charge >= 0.3 is 0 Å². The van der Waals surface area contributed by atoms with Crippen LogP contribution >= 0.6 is 23.1 Å². The van der Waals surface area contributed by atoms with Crippen molar-refractivity contribution in [3.05, 3.63) is 46.3 Å². The number of thiophene rings is 1. The van der Waals surface area contributed by atoms with Crippen LogP contribution in [-0.2, 0) is 19.3 Å². The van der Waals surface area contributed by atoms with Gasteiger partial charge < -0.3 is 5.73 Å². The molecule has 4 rings (SSSR count). The van der Waals surface area contributed by atoms with Gasteiger partial charge in [0.2, 0.25) is 0 Å². The van der Waals surface area contributed by atoms with E-state index in [0.717, 1.165) is 34.0 Å². The monoisotopic (exact) mass is 355 g/mol. The molecule has 0 saturated heterocycles. The number of benzene rings is 1. The molecule has 1 aliphatic carbocycles. The van der Waals surface area contributed by atoms with Crippen molar-refractivity contribution in [3.8, 4) is 0 Å². The zero-order chi connectivity index (χ0) is 16.4.